The lowest BCUT2D eigenvalue weighted by Crippen LogP contribution is -2.32. The number of fused-ring (bicyclic) bond motifs is 1. The molecule has 0 bridgehead atoms. The van der Waals surface area contributed by atoms with Crippen molar-refractivity contribution in [2.75, 3.05) is 20.2 Å². The van der Waals surface area contributed by atoms with E-state index in [-0.39, 0.29) is 12.5 Å². The molecule has 0 unspecified atom stereocenters. The van der Waals surface area contributed by atoms with Crippen LogP contribution in [0.3, 0.4) is 0 Å². The molecule has 1 amide bonds. The number of carbonyl (C=O) groups excluding carboxylic acids is 1. The number of nitriles is 1. The highest BCUT2D eigenvalue weighted by Gasteiger charge is 2.09. The van der Waals surface area contributed by atoms with Crippen LogP contribution in [0.2, 0.25) is 0 Å². The van der Waals surface area contributed by atoms with Crippen LogP contribution in [0.5, 0.6) is 5.75 Å². The van der Waals surface area contributed by atoms with E-state index in [0.29, 0.717) is 18.7 Å². The molecule has 20 heavy (non-hydrogen) atoms. The molecule has 0 saturated heterocycles. The van der Waals surface area contributed by atoms with E-state index in [1.165, 1.54) is 4.90 Å². The second kappa shape index (κ2) is 6.53. The van der Waals surface area contributed by atoms with Crippen LogP contribution in [0.15, 0.2) is 36.5 Å². The fourth-order valence-corrected chi connectivity index (χ4v) is 1.73. The Balaban J connectivity index is 1.95. The van der Waals surface area contributed by atoms with E-state index in [1.54, 1.807) is 19.3 Å². The Labute approximate surface area is 117 Å². The lowest BCUT2D eigenvalue weighted by Gasteiger charge is -2.15. The van der Waals surface area contributed by atoms with Crippen molar-refractivity contribution < 1.29 is 9.53 Å². The maximum absolute atomic E-state index is 11.8. The molecule has 1 heterocycles. The number of nitrogens with zero attached hydrogens (tertiary/aromatic N) is 3. The van der Waals surface area contributed by atoms with Crippen molar-refractivity contribution in [3.8, 4) is 11.8 Å². The molecule has 0 aliphatic carbocycles. The van der Waals surface area contributed by atoms with Crippen LogP contribution in [0, 0.1) is 11.3 Å². The van der Waals surface area contributed by atoms with Gasteiger partial charge in [-0.3, -0.25) is 9.78 Å². The van der Waals surface area contributed by atoms with Gasteiger partial charge in [0, 0.05) is 31.2 Å². The van der Waals surface area contributed by atoms with Crippen LogP contribution < -0.4 is 4.74 Å². The van der Waals surface area contributed by atoms with E-state index < -0.39 is 0 Å². The molecule has 0 aliphatic rings. The minimum Gasteiger partial charge on any atom is -0.484 e. The Morgan fingerprint density at radius 2 is 2.30 bits per heavy atom. The summed E-state index contributed by atoms with van der Waals surface area (Å²) < 4.78 is 5.46. The van der Waals surface area contributed by atoms with Crippen molar-refractivity contribution in [1.29, 1.82) is 5.26 Å². The normalized spacial score (nSPS) is 10.0. The first-order valence-corrected chi connectivity index (χ1v) is 6.29. The van der Waals surface area contributed by atoms with Crippen LogP contribution >= 0.6 is 0 Å². The van der Waals surface area contributed by atoms with Gasteiger partial charge in [-0.25, -0.2) is 0 Å². The maximum Gasteiger partial charge on any atom is 0.260 e. The summed E-state index contributed by atoms with van der Waals surface area (Å²) in [6.07, 6.45) is 2.04. The molecule has 2 aromatic rings. The van der Waals surface area contributed by atoms with Crippen LogP contribution in [-0.2, 0) is 4.79 Å². The smallest absolute Gasteiger partial charge is 0.260 e. The number of likely N-dealkylation sites (N-methyl/N-ethyl adjacent to an activating group) is 1. The monoisotopic (exact) mass is 269 g/mol. The van der Waals surface area contributed by atoms with Crippen LogP contribution in [-0.4, -0.2) is 36.0 Å². The lowest BCUT2D eigenvalue weighted by atomic mass is 10.2. The molecule has 0 radical (unpaired) electrons. The van der Waals surface area contributed by atoms with Gasteiger partial charge in [0.15, 0.2) is 6.61 Å². The number of ether oxygens (including phenoxy) is 1. The van der Waals surface area contributed by atoms with Gasteiger partial charge < -0.3 is 9.64 Å². The maximum atomic E-state index is 11.8. The van der Waals surface area contributed by atoms with Gasteiger partial charge in [0.25, 0.3) is 5.91 Å². The van der Waals surface area contributed by atoms with E-state index in [9.17, 15) is 4.79 Å². The summed E-state index contributed by atoms with van der Waals surface area (Å²) in [6.45, 7) is 0.373. The van der Waals surface area contributed by atoms with Gasteiger partial charge in [0.2, 0.25) is 0 Å². The molecule has 2 rings (SSSR count). The molecule has 0 fully saturated rings. The summed E-state index contributed by atoms with van der Waals surface area (Å²) in [5, 5.41) is 9.50. The van der Waals surface area contributed by atoms with Crippen LogP contribution in [0.25, 0.3) is 10.9 Å². The van der Waals surface area contributed by atoms with Crippen LogP contribution in [0.1, 0.15) is 6.42 Å². The average Bonchev–Trinajstić information content (AvgIpc) is 2.50. The highest BCUT2D eigenvalue weighted by Crippen LogP contribution is 2.18. The summed E-state index contributed by atoms with van der Waals surface area (Å²) >= 11 is 0. The first kappa shape index (κ1) is 13.8. The van der Waals surface area contributed by atoms with Gasteiger partial charge in [-0.1, -0.05) is 6.07 Å². The first-order valence-electron chi connectivity index (χ1n) is 6.29. The number of rotatable bonds is 5. The number of carbonyl (C=O) groups is 1. The lowest BCUT2D eigenvalue weighted by molar-refractivity contribution is -0.131. The van der Waals surface area contributed by atoms with E-state index >= 15 is 0 Å². The number of hydrogen-bond donors (Lipinski definition) is 0. The van der Waals surface area contributed by atoms with Gasteiger partial charge in [-0.2, -0.15) is 5.26 Å². The summed E-state index contributed by atoms with van der Waals surface area (Å²) in [5.41, 5.74) is 0.829. The number of pyridine rings is 1. The molecule has 0 atom stereocenters. The van der Waals surface area contributed by atoms with Gasteiger partial charge in [-0.15, -0.1) is 0 Å². The van der Waals surface area contributed by atoms with Crippen molar-refractivity contribution in [2.24, 2.45) is 0 Å². The summed E-state index contributed by atoms with van der Waals surface area (Å²) in [6, 6.07) is 11.4. The minimum atomic E-state index is -0.152. The predicted molar refractivity (Wildman–Crippen MR) is 75.1 cm³/mol. The fourth-order valence-electron chi connectivity index (χ4n) is 1.73. The van der Waals surface area contributed by atoms with Crippen molar-refractivity contribution in [3.05, 3.63) is 36.5 Å². The molecular weight excluding hydrogens is 254 g/mol. The minimum absolute atomic E-state index is 0.0414. The number of benzene rings is 1. The summed E-state index contributed by atoms with van der Waals surface area (Å²) in [7, 11) is 1.66. The van der Waals surface area contributed by atoms with E-state index in [0.717, 1.165) is 10.9 Å². The SMILES string of the molecule is CN(CCC#N)C(=O)COc1ccc2cccnc2c1. The van der Waals surface area contributed by atoms with Crippen molar-refractivity contribution >= 4 is 16.8 Å². The highest BCUT2D eigenvalue weighted by atomic mass is 16.5. The Bertz CT molecular complexity index is 649. The predicted octanol–water partition coefficient (Wildman–Crippen LogP) is 1.99. The number of hydrogen-bond acceptors (Lipinski definition) is 4. The first-order chi connectivity index (χ1) is 9.70. The van der Waals surface area contributed by atoms with Crippen molar-refractivity contribution in [2.45, 2.75) is 6.42 Å². The third-order valence-corrected chi connectivity index (χ3v) is 2.92. The molecule has 0 aliphatic heterocycles. The third kappa shape index (κ3) is 3.45. The van der Waals surface area contributed by atoms with E-state index in [4.69, 9.17) is 10.00 Å². The standard InChI is InChI=1S/C15H15N3O2/c1-18(9-3-7-16)15(19)11-20-13-6-5-12-4-2-8-17-14(12)10-13/h2,4-6,8,10H,3,9,11H2,1H3. The van der Waals surface area contributed by atoms with Gasteiger partial charge in [0.05, 0.1) is 18.0 Å². The Hall–Kier alpha value is -2.61. The van der Waals surface area contributed by atoms with Crippen LogP contribution in [0.4, 0.5) is 0 Å². The molecule has 0 spiro atoms. The van der Waals surface area contributed by atoms with Gasteiger partial charge in [-0.05, 0) is 18.2 Å². The molecule has 0 N–H and O–H groups in total. The summed E-state index contributed by atoms with van der Waals surface area (Å²) in [5.74, 6) is 0.458. The highest BCUT2D eigenvalue weighted by molar-refractivity contribution is 5.80. The molecule has 1 aromatic carbocycles. The molecule has 5 nitrogen and oxygen atoms in total. The fraction of sp³-hybridized carbons (Fsp3) is 0.267. The molecular formula is C15H15N3O2. The molecule has 5 heteroatoms. The quantitative estimate of drug-likeness (QED) is 0.832. The summed E-state index contributed by atoms with van der Waals surface area (Å²) in [4.78, 5) is 17.5. The zero-order chi connectivity index (χ0) is 14.4. The third-order valence-electron chi connectivity index (χ3n) is 2.92. The number of amides is 1. The molecule has 1 aromatic heterocycles. The zero-order valence-corrected chi connectivity index (χ0v) is 11.2. The Morgan fingerprint density at radius 1 is 1.45 bits per heavy atom. The van der Waals surface area contributed by atoms with Crippen molar-refractivity contribution in [3.63, 3.8) is 0 Å². The second-order valence-corrected chi connectivity index (χ2v) is 4.37. The van der Waals surface area contributed by atoms with E-state index in [2.05, 4.69) is 4.98 Å². The second-order valence-electron chi connectivity index (χ2n) is 4.37. The largest absolute Gasteiger partial charge is 0.484 e. The van der Waals surface area contributed by atoms with E-state index in [1.807, 2.05) is 30.3 Å². The topological polar surface area (TPSA) is 66.2 Å². The zero-order valence-electron chi connectivity index (χ0n) is 11.2. The average molecular weight is 269 g/mol. The van der Waals surface area contributed by atoms with Gasteiger partial charge >= 0.3 is 0 Å². The Kier molecular flexibility index (Phi) is 4.51. The number of aromatic nitrogens is 1. The molecule has 0 saturated carbocycles. The Morgan fingerprint density at radius 3 is 3.10 bits per heavy atom. The van der Waals surface area contributed by atoms with Gasteiger partial charge in [0.1, 0.15) is 5.75 Å². The van der Waals surface area contributed by atoms with Crippen molar-refractivity contribution in [1.82, 2.24) is 9.88 Å². The molecule has 102 valence electrons.